The lowest BCUT2D eigenvalue weighted by Gasteiger charge is -2.04. The second kappa shape index (κ2) is 10.9. The van der Waals surface area contributed by atoms with Crippen molar-refractivity contribution in [1.29, 1.82) is 0 Å². The summed E-state index contributed by atoms with van der Waals surface area (Å²) >= 11 is 0. The number of cyclic esters (lactones) is 2. The quantitative estimate of drug-likeness (QED) is 0.765. The Morgan fingerprint density at radius 3 is 1.05 bits per heavy atom. The van der Waals surface area contributed by atoms with Crippen LogP contribution >= 0.6 is 0 Å². The smallest absolute Gasteiger partial charge is 0.427 e. The van der Waals surface area contributed by atoms with Crippen LogP contribution in [0.5, 0.6) is 0 Å². The third-order valence-electron chi connectivity index (χ3n) is 3.15. The molecule has 0 aromatic heterocycles. The summed E-state index contributed by atoms with van der Waals surface area (Å²) in [7, 11) is 0. The fourth-order valence-corrected chi connectivity index (χ4v) is 0.523. The van der Waals surface area contributed by atoms with Crippen molar-refractivity contribution in [3.8, 4) is 0 Å². The summed E-state index contributed by atoms with van der Waals surface area (Å²) in [6, 6.07) is 0. The van der Waals surface area contributed by atoms with E-state index in [1.807, 2.05) is 27.7 Å². The largest absolute Gasteiger partial charge is 0.509 e. The van der Waals surface area contributed by atoms with Crippen molar-refractivity contribution in [2.75, 3.05) is 0 Å². The first-order valence-electron chi connectivity index (χ1n) is 7.22. The normalized spacial score (nSPS) is 23.9. The summed E-state index contributed by atoms with van der Waals surface area (Å²) in [6.45, 7) is 15.2. The molecule has 122 valence electrons. The molecule has 4 atom stereocenters. The molecule has 0 bridgehead atoms. The van der Waals surface area contributed by atoms with Crippen molar-refractivity contribution in [1.82, 2.24) is 0 Å². The van der Waals surface area contributed by atoms with Crippen LogP contribution in [0, 0.1) is 11.8 Å². The number of hydrogen-bond acceptors (Lipinski definition) is 5. The molecule has 0 amide bonds. The first-order chi connectivity index (χ1) is 8.98. The van der Waals surface area contributed by atoms with E-state index in [0.717, 1.165) is 0 Å². The molecule has 2 unspecified atom stereocenters. The van der Waals surface area contributed by atoms with E-state index in [0.29, 0.717) is 11.8 Å². The number of aliphatic hydroxyl groups is 2. The molecule has 5 heteroatoms. The standard InChI is InChI=1S/C5H8O3.2C5H12O/c1-3-4(2)8-5(6)7-3;2*1-4(2)5(3)6/h3-4H,1-2H3;2*4-6H,1-3H3/t;2*5-/m.00/s1. The van der Waals surface area contributed by atoms with Gasteiger partial charge in [-0.15, -0.1) is 0 Å². The fraction of sp³-hybridized carbons (Fsp3) is 0.933. The lowest BCUT2D eigenvalue weighted by atomic mass is 10.1. The second-order valence-corrected chi connectivity index (χ2v) is 5.87. The van der Waals surface area contributed by atoms with Gasteiger partial charge in [0.1, 0.15) is 12.2 Å². The van der Waals surface area contributed by atoms with Crippen LogP contribution in [0.1, 0.15) is 55.4 Å². The Kier molecular flexibility index (Phi) is 11.7. The van der Waals surface area contributed by atoms with E-state index in [4.69, 9.17) is 10.2 Å². The number of rotatable bonds is 2. The number of ether oxygens (including phenoxy) is 2. The van der Waals surface area contributed by atoms with Crippen molar-refractivity contribution < 1.29 is 24.5 Å². The highest BCUT2D eigenvalue weighted by molar-refractivity contribution is 5.62. The Bertz CT molecular complexity index is 213. The van der Waals surface area contributed by atoms with E-state index >= 15 is 0 Å². The SMILES string of the molecule is CC(C)[C@H](C)O.CC(C)[C@H](C)O.CC1OC(=O)OC1C. The van der Waals surface area contributed by atoms with Crippen LogP contribution in [0.25, 0.3) is 0 Å². The minimum Gasteiger partial charge on any atom is -0.427 e. The zero-order chi connectivity index (χ0) is 16.5. The van der Waals surface area contributed by atoms with Crippen LogP contribution in [0.4, 0.5) is 4.79 Å². The van der Waals surface area contributed by atoms with Gasteiger partial charge in [-0.25, -0.2) is 4.79 Å². The molecule has 1 fully saturated rings. The van der Waals surface area contributed by atoms with Gasteiger partial charge in [0.25, 0.3) is 0 Å². The highest BCUT2D eigenvalue weighted by atomic mass is 16.8. The monoisotopic (exact) mass is 292 g/mol. The number of carbonyl (C=O) groups excluding carboxylic acids is 1. The molecule has 0 aromatic rings. The van der Waals surface area contributed by atoms with E-state index in [9.17, 15) is 4.79 Å². The van der Waals surface area contributed by atoms with Crippen molar-refractivity contribution in [2.24, 2.45) is 11.8 Å². The Balaban J connectivity index is 0. The molecule has 1 rings (SSSR count). The van der Waals surface area contributed by atoms with Crippen LogP contribution < -0.4 is 0 Å². The van der Waals surface area contributed by atoms with E-state index in [-0.39, 0.29) is 24.4 Å². The Morgan fingerprint density at radius 2 is 1.00 bits per heavy atom. The molecule has 0 spiro atoms. The molecule has 1 heterocycles. The maximum atomic E-state index is 10.2. The van der Waals surface area contributed by atoms with E-state index in [1.54, 1.807) is 27.7 Å². The molecule has 5 nitrogen and oxygen atoms in total. The van der Waals surface area contributed by atoms with E-state index in [1.165, 1.54) is 0 Å². The summed E-state index contributed by atoms with van der Waals surface area (Å²) in [4.78, 5) is 10.2. The highest BCUT2D eigenvalue weighted by Crippen LogP contribution is 2.12. The number of hydrogen-bond donors (Lipinski definition) is 2. The number of aliphatic hydroxyl groups excluding tert-OH is 2. The maximum Gasteiger partial charge on any atom is 0.509 e. The van der Waals surface area contributed by atoms with Crippen molar-refractivity contribution in [3.63, 3.8) is 0 Å². The minimum atomic E-state index is -0.551. The zero-order valence-electron chi connectivity index (χ0n) is 14.1. The molecule has 1 aliphatic heterocycles. The number of carbonyl (C=O) groups is 1. The first-order valence-corrected chi connectivity index (χ1v) is 7.22. The summed E-state index contributed by atoms with van der Waals surface area (Å²) < 4.78 is 9.22. The molecule has 1 saturated heterocycles. The van der Waals surface area contributed by atoms with E-state index in [2.05, 4.69) is 9.47 Å². The van der Waals surface area contributed by atoms with Crippen LogP contribution in [0.15, 0.2) is 0 Å². The van der Waals surface area contributed by atoms with Crippen LogP contribution in [-0.4, -0.2) is 40.8 Å². The lowest BCUT2D eigenvalue weighted by molar-refractivity contribution is 0.118. The topological polar surface area (TPSA) is 76.0 Å². The lowest BCUT2D eigenvalue weighted by Crippen LogP contribution is -2.13. The molecule has 20 heavy (non-hydrogen) atoms. The predicted molar refractivity (Wildman–Crippen MR) is 79.5 cm³/mol. The molecule has 0 aliphatic carbocycles. The van der Waals surface area contributed by atoms with Crippen molar-refractivity contribution in [2.45, 2.75) is 79.8 Å². The van der Waals surface area contributed by atoms with Crippen molar-refractivity contribution >= 4 is 6.16 Å². The van der Waals surface area contributed by atoms with Gasteiger partial charge in [0.2, 0.25) is 0 Å². The molecular weight excluding hydrogens is 260 g/mol. The summed E-state index contributed by atoms with van der Waals surface area (Å²) in [5.41, 5.74) is 0. The Labute approximate surface area is 123 Å². The molecule has 0 aromatic carbocycles. The molecule has 0 radical (unpaired) electrons. The van der Waals surface area contributed by atoms with Gasteiger partial charge in [0.05, 0.1) is 12.2 Å². The molecule has 0 saturated carbocycles. The van der Waals surface area contributed by atoms with Gasteiger partial charge in [-0.3, -0.25) is 0 Å². The fourth-order valence-electron chi connectivity index (χ4n) is 0.523. The average molecular weight is 292 g/mol. The summed E-state index contributed by atoms with van der Waals surface area (Å²) in [6.07, 6.45) is -1.01. The Morgan fingerprint density at radius 1 is 0.800 bits per heavy atom. The third-order valence-corrected chi connectivity index (χ3v) is 3.15. The molecule has 1 aliphatic rings. The second-order valence-electron chi connectivity index (χ2n) is 5.87. The average Bonchev–Trinajstić information content (AvgIpc) is 2.57. The van der Waals surface area contributed by atoms with Crippen LogP contribution in [0.2, 0.25) is 0 Å². The van der Waals surface area contributed by atoms with Crippen molar-refractivity contribution in [3.05, 3.63) is 0 Å². The van der Waals surface area contributed by atoms with Gasteiger partial charge in [-0.1, -0.05) is 27.7 Å². The van der Waals surface area contributed by atoms with Crippen LogP contribution in [0.3, 0.4) is 0 Å². The van der Waals surface area contributed by atoms with Gasteiger partial charge >= 0.3 is 6.16 Å². The van der Waals surface area contributed by atoms with Gasteiger partial charge in [0.15, 0.2) is 0 Å². The molecular formula is C15H32O5. The minimum absolute atomic E-state index is 0.0810. The zero-order valence-corrected chi connectivity index (χ0v) is 14.1. The predicted octanol–water partition coefficient (Wildman–Crippen LogP) is 2.98. The summed E-state index contributed by atoms with van der Waals surface area (Å²) in [5, 5.41) is 17.3. The maximum absolute atomic E-state index is 10.2. The summed E-state index contributed by atoms with van der Waals surface area (Å²) in [5.74, 6) is 0.815. The van der Waals surface area contributed by atoms with Crippen LogP contribution in [-0.2, 0) is 9.47 Å². The van der Waals surface area contributed by atoms with Gasteiger partial charge in [-0.05, 0) is 39.5 Å². The molecule has 2 N–H and O–H groups in total. The first kappa shape index (κ1) is 21.5. The van der Waals surface area contributed by atoms with Gasteiger partial charge in [-0.2, -0.15) is 0 Å². The van der Waals surface area contributed by atoms with Gasteiger partial charge in [0, 0.05) is 0 Å². The third kappa shape index (κ3) is 12.2. The van der Waals surface area contributed by atoms with Gasteiger partial charge < -0.3 is 19.7 Å². The van der Waals surface area contributed by atoms with E-state index < -0.39 is 6.16 Å². The highest BCUT2D eigenvalue weighted by Gasteiger charge is 2.28. The Hall–Kier alpha value is -0.810.